The van der Waals surface area contributed by atoms with Crippen molar-refractivity contribution in [3.8, 4) is 5.75 Å². The number of benzene rings is 1. The fourth-order valence-corrected chi connectivity index (χ4v) is 3.02. The highest BCUT2D eigenvalue weighted by Gasteiger charge is 2.23. The number of hydrogen-bond donors (Lipinski definition) is 1. The Hall–Kier alpha value is -1.10. The monoisotopic (exact) mass is 307 g/mol. The summed E-state index contributed by atoms with van der Waals surface area (Å²) in [6, 6.07) is 8.15. The van der Waals surface area contributed by atoms with Crippen molar-refractivity contribution in [2.45, 2.75) is 51.9 Å². The van der Waals surface area contributed by atoms with Crippen molar-refractivity contribution < 1.29 is 14.6 Å². The number of aliphatic hydroxyl groups excluding tert-OH is 1. The molecule has 1 heterocycles. The summed E-state index contributed by atoms with van der Waals surface area (Å²) >= 11 is 0. The van der Waals surface area contributed by atoms with Gasteiger partial charge in [-0.1, -0.05) is 25.5 Å². The second kappa shape index (κ2) is 8.51. The number of aliphatic hydroxyl groups is 1. The van der Waals surface area contributed by atoms with Crippen LogP contribution in [0.15, 0.2) is 24.3 Å². The third kappa shape index (κ3) is 5.59. The van der Waals surface area contributed by atoms with Gasteiger partial charge in [-0.15, -0.1) is 0 Å². The topological polar surface area (TPSA) is 41.9 Å². The second-order valence-electron chi connectivity index (χ2n) is 6.33. The highest BCUT2D eigenvalue weighted by molar-refractivity contribution is 5.27. The first-order valence-corrected chi connectivity index (χ1v) is 8.34. The Labute approximate surface area is 134 Å². The summed E-state index contributed by atoms with van der Waals surface area (Å²) in [5, 5.41) is 10.2. The highest BCUT2D eigenvalue weighted by Crippen LogP contribution is 2.14. The van der Waals surface area contributed by atoms with E-state index in [4.69, 9.17) is 9.47 Å². The molecule has 0 amide bonds. The number of ether oxygens (including phenoxy) is 2. The van der Waals surface area contributed by atoms with E-state index < -0.39 is 6.10 Å². The van der Waals surface area contributed by atoms with E-state index >= 15 is 0 Å². The number of β-amino-alcohol motifs (C(OH)–C–C–N with tert-alkyl or cyclic N) is 1. The van der Waals surface area contributed by atoms with Crippen LogP contribution in [0.2, 0.25) is 0 Å². The van der Waals surface area contributed by atoms with Crippen LogP contribution in [0.5, 0.6) is 5.75 Å². The Bertz CT molecular complexity index is 424. The van der Waals surface area contributed by atoms with E-state index in [1.807, 2.05) is 12.1 Å². The Morgan fingerprint density at radius 3 is 2.45 bits per heavy atom. The van der Waals surface area contributed by atoms with Crippen LogP contribution in [-0.2, 0) is 11.2 Å². The van der Waals surface area contributed by atoms with Gasteiger partial charge in [-0.2, -0.15) is 0 Å². The first kappa shape index (κ1) is 17.3. The maximum Gasteiger partial charge on any atom is 0.119 e. The zero-order chi connectivity index (χ0) is 15.9. The first-order valence-electron chi connectivity index (χ1n) is 8.34. The van der Waals surface area contributed by atoms with E-state index in [0.29, 0.717) is 13.2 Å². The summed E-state index contributed by atoms with van der Waals surface area (Å²) in [4.78, 5) is 2.25. The van der Waals surface area contributed by atoms with Crippen LogP contribution >= 0.6 is 0 Å². The second-order valence-corrected chi connectivity index (χ2v) is 6.33. The molecule has 3 atom stereocenters. The molecule has 0 radical (unpaired) electrons. The van der Waals surface area contributed by atoms with E-state index in [-0.39, 0.29) is 12.2 Å². The molecule has 22 heavy (non-hydrogen) atoms. The number of morpholine rings is 1. The summed E-state index contributed by atoms with van der Waals surface area (Å²) in [5.41, 5.74) is 1.33. The number of aryl methyl sites for hydroxylation is 1. The van der Waals surface area contributed by atoms with Gasteiger partial charge in [0.2, 0.25) is 0 Å². The third-order valence-electron chi connectivity index (χ3n) is 3.87. The summed E-state index contributed by atoms with van der Waals surface area (Å²) in [6.07, 6.45) is 2.21. The van der Waals surface area contributed by atoms with Gasteiger partial charge in [-0.25, -0.2) is 0 Å². The molecule has 0 aliphatic carbocycles. The van der Waals surface area contributed by atoms with Gasteiger partial charge < -0.3 is 14.6 Å². The lowest BCUT2D eigenvalue weighted by Crippen LogP contribution is -2.48. The van der Waals surface area contributed by atoms with Crippen LogP contribution in [0, 0.1) is 0 Å². The van der Waals surface area contributed by atoms with E-state index in [0.717, 1.165) is 31.7 Å². The lowest BCUT2D eigenvalue weighted by Gasteiger charge is -2.36. The van der Waals surface area contributed by atoms with E-state index in [1.165, 1.54) is 5.56 Å². The standard InChI is InChI=1S/C18H29NO3/c1-4-5-16-6-8-18(9-7-16)21-13-17(20)12-19-10-14(2)22-15(3)11-19/h6-9,14-15,17,20H,4-5,10-13H2,1-3H3/t14-,15-,17+/m0/s1. The molecule has 1 aromatic carbocycles. The molecule has 4 nitrogen and oxygen atoms in total. The average Bonchev–Trinajstić information content (AvgIpc) is 2.46. The third-order valence-corrected chi connectivity index (χ3v) is 3.87. The normalized spacial score (nSPS) is 24.2. The quantitative estimate of drug-likeness (QED) is 0.840. The maximum atomic E-state index is 10.2. The molecule has 1 aliphatic rings. The van der Waals surface area contributed by atoms with Crippen LogP contribution in [-0.4, -0.2) is 54.6 Å². The van der Waals surface area contributed by atoms with Gasteiger partial charge in [0.1, 0.15) is 18.5 Å². The molecule has 1 aromatic rings. The summed E-state index contributed by atoms with van der Waals surface area (Å²) in [6.45, 7) is 9.01. The van der Waals surface area contributed by atoms with E-state index in [9.17, 15) is 5.11 Å². The zero-order valence-electron chi connectivity index (χ0n) is 14.0. The van der Waals surface area contributed by atoms with Crippen molar-refractivity contribution in [3.63, 3.8) is 0 Å². The molecule has 1 fully saturated rings. The highest BCUT2D eigenvalue weighted by atomic mass is 16.5. The van der Waals surface area contributed by atoms with Crippen LogP contribution < -0.4 is 4.74 Å². The van der Waals surface area contributed by atoms with Crippen molar-refractivity contribution in [1.29, 1.82) is 0 Å². The molecular weight excluding hydrogens is 278 g/mol. The van der Waals surface area contributed by atoms with Gasteiger partial charge in [0.15, 0.2) is 0 Å². The predicted molar refractivity (Wildman–Crippen MR) is 88.4 cm³/mol. The SMILES string of the molecule is CCCc1ccc(OC[C@H](O)CN2C[C@H](C)O[C@@H](C)C2)cc1. The van der Waals surface area contributed by atoms with Crippen molar-refractivity contribution in [1.82, 2.24) is 4.90 Å². The van der Waals surface area contributed by atoms with Crippen molar-refractivity contribution in [2.75, 3.05) is 26.2 Å². The van der Waals surface area contributed by atoms with E-state index in [2.05, 4.69) is 37.8 Å². The largest absolute Gasteiger partial charge is 0.491 e. The van der Waals surface area contributed by atoms with Gasteiger partial charge in [0, 0.05) is 19.6 Å². The molecule has 0 spiro atoms. The van der Waals surface area contributed by atoms with Crippen molar-refractivity contribution in [2.24, 2.45) is 0 Å². The summed E-state index contributed by atoms with van der Waals surface area (Å²) in [7, 11) is 0. The smallest absolute Gasteiger partial charge is 0.119 e. The minimum Gasteiger partial charge on any atom is -0.491 e. The number of hydrogen-bond acceptors (Lipinski definition) is 4. The van der Waals surface area contributed by atoms with Crippen molar-refractivity contribution in [3.05, 3.63) is 29.8 Å². The summed E-state index contributed by atoms with van der Waals surface area (Å²) < 4.78 is 11.4. The molecular formula is C18H29NO3. The Morgan fingerprint density at radius 2 is 1.86 bits per heavy atom. The van der Waals surface area contributed by atoms with E-state index in [1.54, 1.807) is 0 Å². The van der Waals surface area contributed by atoms with Gasteiger partial charge in [-0.3, -0.25) is 4.90 Å². The Kier molecular flexibility index (Phi) is 6.68. The molecule has 2 rings (SSSR count). The molecule has 1 saturated heterocycles. The van der Waals surface area contributed by atoms with Crippen LogP contribution in [0.1, 0.15) is 32.8 Å². The molecule has 0 unspecified atom stereocenters. The molecule has 4 heteroatoms. The molecule has 1 N–H and O–H groups in total. The lowest BCUT2D eigenvalue weighted by atomic mass is 10.1. The molecule has 0 bridgehead atoms. The lowest BCUT2D eigenvalue weighted by molar-refractivity contribution is -0.0786. The Morgan fingerprint density at radius 1 is 1.23 bits per heavy atom. The Balaban J connectivity index is 1.73. The van der Waals surface area contributed by atoms with Gasteiger partial charge in [0.25, 0.3) is 0 Å². The predicted octanol–water partition coefficient (Wildman–Crippen LogP) is 2.49. The van der Waals surface area contributed by atoms with Gasteiger partial charge in [-0.05, 0) is 38.0 Å². The van der Waals surface area contributed by atoms with Crippen LogP contribution in [0.3, 0.4) is 0 Å². The maximum absolute atomic E-state index is 10.2. The molecule has 0 aromatic heterocycles. The van der Waals surface area contributed by atoms with Gasteiger partial charge >= 0.3 is 0 Å². The zero-order valence-corrected chi connectivity index (χ0v) is 14.0. The minimum absolute atomic E-state index is 0.225. The van der Waals surface area contributed by atoms with Crippen molar-refractivity contribution >= 4 is 0 Å². The molecule has 124 valence electrons. The fourth-order valence-electron chi connectivity index (χ4n) is 3.02. The number of nitrogens with zero attached hydrogens (tertiary/aromatic N) is 1. The van der Waals surface area contributed by atoms with Gasteiger partial charge in [0.05, 0.1) is 12.2 Å². The van der Waals surface area contributed by atoms with Crippen LogP contribution in [0.25, 0.3) is 0 Å². The number of rotatable bonds is 7. The molecule has 0 saturated carbocycles. The first-order chi connectivity index (χ1) is 10.6. The minimum atomic E-state index is -0.479. The van der Waals surface area contributed by atoms with Crippen LogP contribution in [0.4, 0.5) is 0 Å². The molecule has 1 aliphatic heterocycles. The summed E-state index contributed by atoms with van der Waals surface area (Å²) in [5.74, 6) is 0.822. The average molecular weight is 307 g/mol. The fraction of sp³-hybridized carbons (Fsp3) is 0.667.